The lowest BCUT2D eigenvalue weighted by Crippen LogP contribution is -2.18. The van der Waals surface area contributed by atoms with Crippen molar-refractivity contribution in [3.8, 4) is 5.75 Å². The van der Waals surface area contributed by atoms with Crippen molar-refractivity contribution in [3.63, 3.8) is 0 Å². The molecule has 0 spiro atoms. The molecule has 3 N–H and O–H groups in total. The van der Waals surface area contributed by atoms with E-state index in [-0.39, 0.29) is 22.4 Å². The number of carbonyl (C=O) groups is 1. The van der Waals surface area contributed by atoms with Crippen molar-refractivity contribution in [3.05, 3.63) is 21.7 Å². The summed E-state index contributed by atoms with van der Waals surface area (Å²) in [5.74, 6) is -0.378. The van der Waals surface area contributed by atoms with Crippen LogP contribution in [-0.4, -0.2) is 24.6 Å². The number of aromatic hydroxyl groups is 1. The summed E-state index contributed by atoms with van der Waals surface area (Å²) < 4.78 is 0. The molecule has 0 atom stereocenters. The standard InChI is InChI=1S/C11H14Cl2N2O2/c1-6-7(12)5-8(11(17)10(6)13)15-9(16)3-4-14-2/h5,14,17H,3-4H2,1-2H3,(H,15,16). The molecule has 17 heavy (non-hydrogen) atoms. The monoisotopic (exact) mass is 276 g/mol. The summed E-state index contributed by atoms with van der Waals surface area (Å²) in [6.45, 7) is 2.25. The molecule has 0 aliphatic carbocycles. The molecule has 0 fully saturated rings. The molecule has 0 radical (unpaired) electrons. The minimum atomic E-state index is -0.217. The molecule has 0 saturated heterocycles. The van der Waals surface area contributed by atoms with Gasteiger partial charge in [0, 0.05) is 18.0 Å². The van der Waals surface area contributed by atoms with E-state index in [0.29, 0.717) is 23.6 Å². The SMILES string of the molecule is CNCCC(=O)Nc1cc(Cl)c(C)c(Cl)c1O. The number of phenols is 1. The van der Waals surface area contributed by atoms with E-state index in [4.69, 9.17) is 23.2 Å². The average molecular weight is 277 g/mol. The van der Waals surface area contributed by atoms with Crippen LogP contribution in [0.25, 0.3) is 0 Å². The average Bonchev–Trinajstić information content (AvgIpc) is 2.30. The van der Waals surface area contributed by atoms with Gasteiger partial charge in [-0.3, -0.25) is 4.79 Å². The Morgan fingerprint density at radius 1 is 1.47 bits per heavy atom. The van der Waals surface area contributed by atoms with Gasteiger partial charge in [-0.05, 0) is 25.6 Å². The maximum Gasteiger partial charge on any atom is 0.225 e. The summed E-state index contributed by atoms with van der Waals surface area (Å²) in [5.41, 5.74) is 0.811. The van der Waals surface area contributed by atoms with Crippen molar-refractivity contribution in [2.75, 3.05) is 18.9 Å². The first-order chi connectivity index (χ1) is 7.97. The van der Waals surface area contributed by atoms with Gasteiger partial charge in [-0.25, -0.2) is 0 Å². The number of hydrogen-bond acceptors (Lipinski definition) is 3. The second kappa shape index (κ2) is 6.10. The zero-order chi connectivity index (χ0) is 13.0. The van der Waals surface area contributed by atoms with E-state index in [1.54, 1.807) is 14.0 Å². The molecule has 4 nitrogen and oxygen atoms in total. The van der Waals surface area contributed by atoms with E-state index in [1.165, 1.54) is 6.07 Å². The molecule has 94 valence electrons. The van der Waals surface area contributed by atoms with Crippen LogP contribution in [0.4, 0.5) is 5.69 Å². The maximum absolute atomic E-state index is 11.5. The molecule has 0 bridgehead atoms. The van der Waals surface area contributed by atoms with Gasteiger partial charge in [0.25, 0.3) is 0 Å². The molecule has 1 amide bonds. The molecular formula is C11H14Cl2N2O2. The van der Waals surface area contributed by atoms with Crippen molar-refractivity contribution >= 4 is 34.8 Å². The minimum Gasteiger partial charge on any atom is -0.504 e. The van der Waals surface area contributed by atoms with Gasteiger partial charge < -0.3 is 15.7 Å². The number of anilines is 1. The molecule has 0 saturated carbocycles. The van der Waals surface area contributed by atoms with Crippen LogP contribution < -0.4 is 10.6 Å². The van der Waals surface area contributed by atoms with Gasteiger partial charge in [0.15, 0.2) is 5.75 Å². The van der Waals surface area contributed by atoms with E-state index < -0.39 is 0 Å². The second-order valence-corrected chi connectivity index (χ2v) is 4.38. The Morgan fingerprint density at radius 3 is 2.71 bits per heavy atom. The van der Waals surface area contributed by atoms with E-state index in [2.05, 4.69) is 10.6 Å². The zero-order valence-corrected chi connectivity index (χ0v) is 11.1. The van der Waals surface area contributed by atoms with Gasteiger partial charge >= 0.3 is 0 Å². The summed E-state index contributed by atoms with van der Waals surface area (Å²) in [6, 6.07) is 1.48. The summed E-state index contributed by atoms with van der Waals surface area (Å²) in [4.78, 5) is 11.5. The third-order valence-corrected chi connectivity index (χ3v) is 3.15. The Kier molecular flexibility index (Phi) is 5.05. The lowest BCUT2D eigenvalue weighted by atomic mass is 10.2. The Balaban J connectivity index is 2.89. The first-order valence-electron chi connectivity index (χ1n) is 5.09. The Hall–Kier alpha value is -0.970. The highest BCUT2D eigenvalue weighted by atomic mass is 35.5. The van der Waals surface area contributed by atoms with Crippen LogP contribution in [0, 0.1) is 6.92 Å². The van der Waals surface area contributed by atoms with E-state index in [1.807, 2.05) is 0 Å². The number of hydrogen-bond donors (Lipinski definition) is 3. The van der Waals surface area contributed by atoms with Crippen LogP contribution >= 0.6 is 23.2 Å². The van der Waals surface area contributed by atoms with Gasteiger partial charge in [-0.2, -0.15) is 0 Å². The molecule has 1 aromatic carbocycles. The second-order valence-electron chi connectivity index (χ2n) is 3.60. The van der Waals surface area contributed by atoms with Crippen molar-refractivity contribution in [2.24, 2.45) is 0 Å². The lowest BCUT2D eigenvalue weighted by molar-refractivity contribution is -0.116. The molecule has 0 unspecified atom stereocenters. The van der Waals surface area contributed by atoms with Crippen LogP contribution in [0.1, 0.15) is 12.0 Å². The van der Waals surface area contributed by atoms with Gasteiger partial charge in [-0.1, -0.05) is 23.2 Å². The number of phenolic OH excluding ortho intramolecular Hbond substituents is 1. The van der Waals surface area contributed by atoms with Crippen molar-refractivity contribution in [2.45, 2.75) is 13.3 Å². The van der Waals surface area contributed by atoms with Crippen LogP contribution in [0.15, 0.2) is 6.07 Å². The molecule has 0 aliphatic heterocycles. The number of benzene rings is 1. The first-order valence-corrected chi connectivity index (χ1v) is 5.85. The van der Waals surface area contributed by atoms with E-state index in [9.17, 15) is 9.90 Å². The predicted molar refractivity (Wildman–Crippen MR) is 70.0 cm³/mol. The largest absolute Gasteiger partial charge is 0.504 e. The van der Waals surface area contributed by atoms with Crippen LogP contribution in [0.5, 0.6) is 5.75 Å². The zero-order valence-electron chi connectivity index (χ0n) is 9.60. The molecular weight excluding hydrogens is 263 g/mol. The number of amides is 1. The predicted octanol–water partition coefficient (Wildman–Crippen LogP) is 2.56. The van der Waals surface area contributed by atoms with Crippen LogP contribution in [0.3, 0.4) is 0 Å². The van der Waals surface area contributed by atoms with Crippen LogP contribution in [0.2, 0.25) is 10.0 Å². The third-order valence-electron chi connectivity index (χ3n) is 2.30. The fourth-order valence-electron chi connectivity index (χ4n) is 1.25. The Labute approximate surface area is 110 Å². The Morgan fingerprint density at radius 2 is 2.12 bits per heavy atom. The van der Waals surface area contributed by atoms with E-state index >= 15 is 0 Å². The van der Waals surface area contributed by atoms with Gasteiger partial charge in [0.1, 0.15) is 0 Å². The summed E-state index contributed by atoms with van der Waals surface area (Å²) in [6.07, 6.45) is 0.305. The topological polar surface area (TPSA) is 61.4 Å². The third kappa shape index (κ3) is 3.49. The normalized spacial score (nSPS) is 10.4. The van der Waals surface area contributed by atoms with Crippen molar-refractivity contribution in [1.82, 2.24) is 5.32 Å². The molecule has 0 heterocycles. The first kappa shape index (κ1) is 14.1. The van der Waals surface area contributed by atoms with E-state index in [0.717, 1.165) is 0 Å². The summed E-state index contributed by atoms with van der Waals surface area (Å²) >= 11 is 11.8. The van der Waals surface area contributed by atoms with Gasteiger partial charge in [0.2, 0.25) is 5.91 Å². The lowest BCUT2D eigenvalue weighted by Gasteiger charge is -2.11. The maximum atomic E-state index is 11.5. The molecule has 6 heteroatoms. The minimum absolute atomic E-state index is 0.154. The smallest absolute Gasteiger partial charge is 0.225 e. The highest BCUT2D eigenvalue weighted by Gasteiger charge is 2.14. The summed E-state index contributed by atoms with van der Waals surface area (Å²) in [7, 11) is 1.75. The molecule has 1 rings (SSSR count). The van der Waals surface area contributed by atoms with Crippen LogP contribution in [-0.2, 0) is 4.79 Å². The van der Waals surface area contributed by atoms with Crippen molar-refractivity contribution in [1.29, 1.82) is 0 Å². The van der Waals surface area contributed by atoms with Gasteiger partial charge in [0.05, 0.1) is 10.7 Å². The highest BCUT2D eigenvalue weighted by Crippen LogP contribution is 2.38. The summed E-state index contributed by atoms with van der Waals surface area (Å²) in [5, 5.41) is 15.7. The van der Waals surface area contributed by atoms with Gasteiger partial charge in [-0.15, -0.1) is 0 Å². The Bertz CT molecular complexity index is 436. The highest BCUT2D eigenvalue weighted by molar-refractivity contribution is 6.37. The fraction of sp³-hybridized carbons (Fsp3) is 0.364. The molecule has 0 aliphatic rings. The quantitative estimate of drug-likeness (QED) is 0.741. The molecule has 1 aromatic rings. The van der Waals surface area contributed by atoms with Crippen molar-refractivity contribution < 1.29 is 9.90 Å². The number of rotatable bonds is 4. The molecule has 0 aromatic heterocycles. The number of nitrogens with one attached hydrogen (secondary N) is 2. The number of halogens is 2. The fourth-order valence-corrected chi connectivity index (χ4v) is 1.71. The number of carbonyl (C=O) groups excluding carboxylic acids is 1.